The van der Waals surface area contributed by atoms with E-state index in [4.69, 9.17) is 14.2 Å². The Morgan fingerprint density at radius 2 is 1.88 bits per heavy atom. The average molecular weight is 471 g/mol. The number of methoxy groups -OCH3 is 2. The molecule has 1 aliphatic heterocycles. The number of hydrogen-bond acceptors (Lipinski definition) is 7. The van der Waals surface area contributed by atoms with Crippen LogP contribution in [0, 0.1) is 5.92 Å². The van der Waals surface area contributed by atoms with Crippen LogP contribution in [0.2, 0.25) is 0 Å². The zero-order valence-electron chi connectivity index (χ0n) is 20.5. The van der Waals surface area contributed by atoms with Gasteiger partial charge >= 0.3 is 0 Å². The lowest BCUT2D eigenvalue weighted by atomic mass is 9.84. The summed E-state index contributed by atoms with van der Waals surface area (Å²) < 4.78 is 17.1. The fourth-order valence-electron chi connectivity index (χ4n) is 4.31. The van der Waals surface area contributed by atoms with Gasteiger partial charge in [0.15, 0.2) is 5.78 Å². The van der Waals surface area contributed by atoms with Crippen LogP contribution < -0.4 is 14.2 Å². The van der Waals surface area contributed by atoms with Crippen molar-refractivity contribution < 1.29 is 34.3 Å². The Bertz CT molecular complexity index is 1080. The standard InChI is InChI=1S/C27H34O7/c1-15(2)16(9-10-27(3,4)31)11-19-20(29)13-24(33-6)25-21(30)14-23(34-26(19)25)18-8-7-17(28)12-22(18)32-5/h7-8,12-13,16,23,28-29,31H,1,9-11,14H2,2-6H3/t16-,23-/m1/s1. The maximum absolute atomic E-state index is 13.3. The summed E-state index contributed by atoms with van der Waals surface area (Å²) in [6, 6.07) is 6.09. The number of carbonyl (C=O) groups excluding carboxylic acids is 1. The zero-order valence-corrected chi connectivity index (χ0v) is 20.5. The molecule has 0 aliphatic carbocycles. The quantitative estimate of drug-likeness (QED) is 0.438. The molecule has 0 amide bonds. The van der Waals surface area contributed by atoms with Crippen LogP contribution in [0.3, 0.4) is 0 Å². The van der Waals surface area contributed by atoms with Gasteiger partial charge in [0.1, 0.15) is 40.4 Å². The number of hydrogen-bond donors (Lipinski definition) is 3. The summed E-state index contributed by atoms with van der Waals surface area (Å²) in [6.07, 6.45) is 0.979. The van der Waals surface area contributed by atoms with Gasteiger partial charge in [-0.1, -0.05) is 12.2 Å². The van der Waals surface area contributed by atoms with Gasteiger partial charge in [0.05, 0.1) is 26.2 Å². The Morgan fingerprint density at radius 3 is 2.47 bits per heavy atom. The molecule has 7 nitrogen and oxygen atoms in total. The highest BCUT2D eigenvalue weighted by Gasteiger charge is 2.36. The lowest BCUT2D eigenvalue weighted by Crippen LogP contribution is -2.24. The molecule has 0 bridgehead atoms. The number of rotatable bonds is 9. The monoisotopic (exact) mass is 470 g/mol. The maximum atomic E-state index is 13.3. The molecule has 3 rings (SSSR count). The molecule has 0 radical (unpaired) electrons. The van der Waals surface area contributed by atoms with Gasteiger partial charge in [0, 0.05) is 23.3 Å². The summed E-state index contributed by atoms with van der Waals surface area (Å²) in [7, 11) is 2.92. The Labute approximate surface area is 200 Å². The van der Waals surface area contributed by atoms with Crippen LogP contribution in [0.5, 0.6) is 28.7 Å². The van der Waals surface area contributed by atoms with Crippen LogP contribution in [0.1, 0.15) is 67.6 Å². The predicted molar refractivity (Wildman–Crippen MR) is 129 cm³/mol. The number of phenols is 2. The van der Waals surface area contributed by atoms with E-state index in [1.54, 1.807) is 19.9 Å². The largest absolute Gasteiger partial charge is 0.508 e. The molecule has 184 valence electrons. The van der Waals surface area contributed by atoms with Crippen LogP contribution in [0.15, 0.2) is 36.4 Å². The summed E-state index contributed by atoms with van der Waals surface area (Å²) in [5.74, 6) is 0.721. The Balaban J connectivity index is 2.07. The SMILES string of the molecule is C=C(C)[C@H](CCC(C)(C)O)Cc1c(O)cc(OC)c2c1O[C@@H](c1ccc(O)cc1OC)CC2=O. The first-order valence-corrected chi connectivity index (χ1v) is 11.3. The molecular formula is C27H34O7. The van der Waals surface area contributed by atoms with Gasteiger partial charge in [0.25, 0.3) is 0 Å². The minimum atomic E-state index is -0.831. The van der Waals surface area contributed by atoms with Crippen molar-refractivity contribution in [2.75, 3.05) is 14.2 Å². The highest BCUT2D eigenvalue weighted by Crippen LogP contribution is 2.48. The highest BCUT2D eigenvalue weighted by atomic mass is 16.5. The molecule has 2 aromatic carbocycles. The van der Waals surface area contributed by atoms with E-state index in [2.05, 4.69) is 6.58 Å². The van der Waals surface area contributed by atoms with Gasteiger partial charge in [0.2, 0.25) is 0 Å². The number of phenolic OH excluding ortho intramolecular Hbond substituents is 2. The predicted octanol–water partition coefficient (Wildman–Crippen LogP) is 5.11. The molecular weight excluding hydrogens is 436 g/mol. The molecule has 0 saturated carbocycles. The topological polar surface area (TPSA) is 105 Å². The van der Waals surface area contributed by atoms with Crippen LogP contribution >= 0.6 is 0 Å². The molecule has 1 heterocycles. The molecule has 34 heavy (non-hydrogen) atoms. The van der Waals surface area contributed by atoms with E-state index < -0.39 is 11.7 Å². The van der Waals surface area contributed by atoms with E-state index >= 15 is 0 Å². The van der Waals surface area contributed by atoms with Gasteiger partial charge < -0.3 is 29.5 Å². The van der Waals surface area contributed by atoms with Crippen LogP contribution in [0.4, 0.5) is 0 Å². The number of benzene rings is 2. The second kappa shape index (κ2) is 9.97. The van der Waals surface area contributed by atoms with Crippen molar-refractivity contribution in [1.29, 1.82) is 0 Å². The van der Waals surface area contributed by atoms with Gasteiger partial charge in [-0.05, 0) is 58.1 Å². The Hall–Kier alpha value is -3.19. The average Bonchev–Trinajstić information content (AvgIpc) is 2.76. The van der Waals surface area contributed by atoms with Crippen molar-refractivity contribution in [3.05, 3.63) is 53.1 Å². The second-order valence-corrected chi connectivity index (χ2v) is 9.54. The number of aromatic hydroxyl groups is 2. The summed E-state index contributed by atoms with van der Waals surface area (Å²) in [5.41, 5.74) is 1.49. The third-order valence-corrected chi connectivity index (χ3v) is 6.27. The summed E-state index contributed by atoms with van der Waals surface area (Å²) in [4.78, 5) is 13.3. The number of ether oxygens (including phenoxy) is 3. The van der Waals surface area contributed by atoms with Crippen molar-refractivity contribution in [3.8, 4) is 28.7 Å². The minimum Gasteiger partial charge on any atom is -0.508 e. The third-order valence-electron chi connectivity index (χ3n) is 6.27. The molecule has 0 saturated heterocycles. The van der Waals surface area contributed by atoms with Gasteiger partial charge in [-0.3, -0.25) is 4.79 Å². The molecule has 7 heteroatoms. The number of allylic oxidation sites excluding steroid dienone is 1. The van der Waals surface area contributed by atoms with E-state index in [9.17, 15) is 20.1 Å². The zero-order chi connectivity index (χ0) is 25.2. The minimum absolute atomic E-state index is 0.0313. The number of ketones is 1. The molecule has 1 aliphatic rings. The number of Topliss-reactive ketones (excluding diaryl/α,β-unsaturated/α-hetero) is 1. The smallest absolute Gasteiger partial charge is 0.174 e. The van der Waals surface area contributed by atoms with Crippen molar-refractivity contribution in [2.24, 2.45) is 5.92 Å². The van der Waals surface area contributed by atoms with Crippen LogP contribution in [-0.4, -0.2) is 40.9 Å². The number of fused-ring (bicyclic) bond motifs is 1. The Kier molecular flexibility index (Phi) is 7.46. The second-order valence-electron chi connectivity index (χ2n) is 9.54. The highest BCUT2D eigenvalue weighted by molar-refractivity contribution is 6.03. The molecule has 0 aromatic heterocycles. The van der Waals surface area contributed by atoms with E-state index in [1.165, 1.54) is 32.4 Å². The molecule has 2 atom stereocenters. The van der Waals surface area contributed by atoms with Crippen LogP contribution in [0.25, 0.3) is 0 Å². The first-order chi connectivity index (χ1) is 15.9. The fourth-order valence-corrected chi connectivity index (χ4v) is 4.31. The maximum Gasteiger partial charge on any atom is 0.174 e. The summed E-state index contributed by atoms with van der Waals surface area (Å²) >= 11 is 0. The summed E-state index contributed by atoms with van der Waals surface area (Å²) in [6.45, 7) is 9.53. The first kappa shape index (κ1) is 25.4. The molecule has 0 fully saturated rings. The molecule has 0 spiro atoms. The van der Waals surface area contributed by atoms with E-state index in [1.807, 2.05) is 6.92 Å². The fraction of sp³-hybridized carbons (Fsp3) is 0.444. The lowest BCUT2D eigenvalue weighted by molar-refractivity contribution is 0.0650. The number of carbonyl (C=O) groups is 1. The number of aliphatic hydroxyl groups is 1. The van der Waals surface area contributed by atoms with Gasteiger partial charge in [-0.15, -0.1) is 0 Å². The third kappa shape index (κ3) is 5.47. The first-order valence-electron chi connectivity index (χ1n) is 11.3. The molecule has 2 aromatic rings. The van der Waals surface area contributed by atoms with Gasteiger partial charge in [-0.25, -0.2) is 0 Å². The molecule has 0 unspecified atom stereocenters. The molecule has 3 N–H and O–H groups in total. The van der Waals surface area contributed by atoms with Crippen LogP contribution in [-0.2, 0) is 6.42 Å². The van der Waals surface area contributed by atoms with E-state index in [0.717, 1.165) is 5.57 Å². The normalized spacial score (nSPS) is 16.4. The van der Waals surface area contributed by atoms with E-state index in [0.29, 0.717) is 41.7 Å². The van der Waals surface area contributed by atoms with Crippen molar-refractivity contribution >= 4 is 5.78 Å². The van der Waals surface area contributed by atoms with Crippen molar-refractivity contribution in [1.82, 2.24) is 0 Å². The van der Waals surface area contributed by atoms with E-state index in [-0.39, 0.29) is 41.1 Å². The van der Waals surface area contributed by atoms with Crippen molar-refractivity contribution in [3.63, 3.8) is 0 Å². The Morgan fingerprint density at radius 1 is 1.21 bits per heavy atom. The van der Waals surface area contributed by atoms with Crippen molar-refractivity contribution in [2.45, 2.75) is 58.2 Å². The van der Waals surface area contributed by atoms with Gasteiger partial charge in [-0.2, -0.15) is 0 Å². The summed E-state index contributed by atoms with van der Waals surface area (Å²) in [5, 5.41) is 30.9. The lowest BCUT2D eigenvalue weighted by Gasteiger charge is -2.31.